The van der Waals surface area contributed by atoms with E-state index in [0.29, 0.717) is 17.3 Å². The SMILES string of the molecule is O=C(O)c1cn(C2CCCCC2)nc1-c1ccc(I)cc1. The van der Waals surface area contributed by atoms with Gasteiger partial charge in [-0.05, 0) is 47.6 Å². The van der Waals surface area contributed by atoms with Gasteiger partial charge in [-0.1, -0.05) is 31.4 Å². The zero-order valence-electron chi connectivity index (χ0n) is 11.6. The quantitative estimate of drug-likeness (QED) is 0.785. The molecule has 1 saturated carbocycles. The lowest BCUT2D eigenvalue weighted by Gasteiger charge is -2.21. The lowest BCUT2D eigenvalue weighted by Crippen LogP contribution is -2.13. The van der Waals surface area contributed by atoms with E-state index in [0.717, 1.165) is 22.0 Å². The largest absolute Gasteiger partial charge is 0.478 e. The van der Waals surface area contributed by atoms with E-state index in [9.17, 15) is 9.90 Å². The third-order valence-electron chi connectivity index (χ3n) is 4.03. The Labute approximate surface area is 137 Å². The zero-order chi connectivity index (χ0) is 14.8. The minimum atomic E-state index is -0.911. The summed E-state index contributed by atoms with van der Waals surface area (Å²) < 4.78 is 3.00. The first-order chi connectivity index (χ1) is 10.1. The van der Waals surface area contributed by atoms with E-state index in [1.54, 1.807) is 6.20 Å². The third-order valence-corrected chi connectivity index (χ3v) is 4.75. The molecular weight excluding hydrogens is 379 g/mol. The molecule has 0 atom stereocenters. The van der Waals surface area contributed by atoms with E-state index >= 15 is 0 Å². The summed E-state index contributed by atoms with van der Waals surface area (Å²) in [4.78, 5) is 11.5. The van der Waals surface area contributed by atoms with Crippen LogP contribution < -0.4 is 0 Å². The summed E-state index contributed by atoms with van der Waals surface area (Å²) >= 11 is 2.24. The first kappa shape index (κ1) is 14.6. The van der Waals surface area contributed by atoms with Crippen molar-refractivity contribution in [2.45, 2.75) is 38.1 Å². The van der Waals surface area contributed by atoms with Crippen LogP contribution in [-0.2, 0) is 0 Å². The molecule has 0 saturated heterocycles. The van der Waals surface area contributed by atoms with Crippen LogP contribution in [-0.4, -0.2) is 20.9 Å². The van der Waals surface area contributed by atoms with Crippen LogP contribution in [0.5, 0.6) is 0 Å². The number of aromatic carboxylic acids is 1. The van der Waals surface area contributed by atoms with Crippen molar-refractivity contribution in [3.63, 3.8) is 0 Å². The molecule has 0 radical (unpaired) electrons. The zero-order valence-corrected chi connectivity index (χ0v) is 13.8. The molecule has 0 bridgehead atoms. The van der Waals surface area contributed by atoms with Crippen molar-refractivity contribution in [3.05, 3.63) is 39.6 Å². The first-order valence-corrected chi connectivity index (χ1v) is 8.31. The number of carboxylic acids is 1. The highest BCUT2D eigenvalue weighted by Gasteiger charge is 2.22. The van der Waals surface area contributed by atoms with E-state index in [1.165, 1.54) is 19.3 Å². The third kappa shape index (κ3) is 3.12. The number of hydrogen-bond acceptors (Lipinski definition) is 2. The number of benzene rings is 1. The highest BCUT2D eigenvalue weighted by atomic mass is 127. The van der Waals surface area contributed by atoms with Crippen molar-refractivity contribution in [2.75, 3.05) is 0 Å². The topological polar surface area (TPSA) is 55.1 Å². The summed E-state index contributed by atoms with van der Waals surface area (Å²) in [7, 11) is 0. The summed E-state index contributed by atoms with van der Waals surface area (Å²) in [6, 6.07) is 8.15. The minimum Gasteiger partial charge on any atom is -0.478 e. The van der Waals surface area contributed by atoms with E-state index < -0.39 is 5.97 Å². The molecule has 5 heteroatoms. The minimum absolute atomic E-state index is 0.293. The number of hydrogen-bond donors (Lipinski definition) is 1. The maximum atomic E-state index is 11.5. The van der Waals surface area contributed by atoms with Gasteiger partial charge in [-0.15, -0.1) is 0 Å². The molecule has 1 aromatic heterocycles. The van der Waals surface area contributed by atoms with Gasteiger partial charge < -0.3 is 5.11 Å². The maximum absolute atomic E-state index is 11.5. The normalized spacial score (nSPS) is 16.0. The molecule has 0 aliphatic heterocycles. The van der Waals surface area contributed by atoms with Crippen LogP contribution in [0.15, 0.2) is 30.5 Å². The van der Waals surface area contributed by atoms with E-state index in [1.807, 2.05) is 28.9 Å². The molecule has 21 heavy (non-hydrogen) atoms. The predicted octanol–water partition coefficient (Wildman–Crippen LogP) is 4.36. The second-order valence-corrected chi connectivity index (χ2v) is 6.72. The number of carboxylic acid groups (broad SMARTS) is 1. The van der Waals surface area contributed by atoms with Crippen LogP contribution in [0, 0.1) is 3.57 Å². The van der Waals surface area contributed by atoms with Crippen molar-refractivity contribution < 1.29 is 9.90 Å². The van der Waals surface area contributed by atoms with Gasteiger partial charge in [0.1, 0.15) is 11.3 Å². The van der Waals surface area contributed by atoms with Crippen LogP contribution in [0.1, 0.15) is 48.5 Å². The average Bonchev–Trinajstić information content (AvgIpc) is 2.94. The number of halogens is 1. The fourth-order valence-corrected chi connectivity index (χ4v) is 3.26. The maximum Gasteiger partial charge on any atom is 0.339 e. The molecule has 0 spiro atoms. The second kappa shape index (κ2) is 6.17. The van der Waals surface area contributed by atoms with Gasteiger partial charge in [-0.3, -0.25) is 4.68 Å². The molecule has 4 nitrogen and oxygen atoms in total. The average molecular weight is 396 g/mol. The van der Waals surface area contributed by atoms with Crippen molar-refractivity contribution >= 4 is 28.6 Å². The smallest absolute Gasteiger partial charge is 0.339 e. The molecule has 1 N–H and O–H groups in total. The second-order valence-electron chi connectivity index (χ2n) is 5.48. The number of nitrogens with zero attached hydrogens (tertiary/aromatic N) is 2. The lowest BCUT2D eigenvalue weighted by atomic mass is 9.96. The van der Waals surface area contributed by atoms with Crippen molar-refractivity contribution in [1.82, 2.24) is 9.78 Å². The monoisotopic (exact) mass is 396 g/mol. The van der Waals surface area contributed by atoms with E-state index in [4.69, 9.17) is 0 Å². The first-order valence-electron chi connectivity index (χ1n) is 7.23. The van der Waals surface area contributed by atoms with Gasteiger partial charge in [-0.25, -0.2) is 4.79 Å². The fraction of sp³-hybridized carbons (Fsp3) is 0.375. The Kier molecular flexibility index (Phi) is 4.28. The Balaban J connectivity index is 2.00. The van der Waals surface area contributed by atoms with Crippen molar-refractivity contribution in [2.24, 2.45) is 0 Å². The number of aromatic nitrogens is 2. The van der Waals surface area contributed by atoms with Gasteiger partial charge in [0.05, 0.1) is 6.04 Å². The Bertz CT molecular complexity index is 643. The molecule has 1 aliphatic carbocycles. The molecule has 0 amide bonds. The highest BCUT2D eigenvalue weighted by molar-refractivity contribution is 14.1. The molecule has 1 heterocycles. The van der Waals surface area contributed by atoms with Gasteiger partial charge in [0.25, 0.3) is 0 Å². The molecule has 2 aromatic rings. The van der Waals surface area contributed by atoms with Crippen LogP contribution in [0.25, 0.3) is 11.3 Å². The molecule has 1 aliphatic rings. The Hall–Kier alpha value is -1.37. The Morgan fingerprint density at radius 3 is 2.48 bits per heavy atom. The van der Waals surface area contributed by atoms with Crippen molar-refractivity contribution in [1.29, 1.82) is 0 Å². The van der Waals surface area contributed by atoms with Gasteiger partial charge in [0.15, 0.2) is 0 Å². The van der Waals surface area contributed by atoms with Crippen LogP contribution in [0.2, 0.25) is 0 Å². The molecule has 3 rings (SSSR count). The number of carbonyl (C=O) groups is 1. The van der Waals surface area contributed by atoms with Crippen LogP contribution >= 0.6 is 22.6 Å². The molecule has 0 unspecified atom stereocenters. The number of rotatable bonds is 3. The lowest BCUT2D eigenvalue weighted by molar-refractivity contribution is 0.0697. The van der Waals surface area contributed by atoms with Crippen LogP contribution in [0.4, 0.5) is 0 Å². The van der Waals surface area contributed by atoms with Gasteiger partial charge in [0.2, 0.25) is 0 Å². The summed E-state index contributed by atoms with van der Waals surface area (Å²) in [6.45, 7) is 0. The Morgan fingerprint density at radius 1 is 1.19 bits per heavy atom. The van der Waals surface area contributed by atoms with Gasteiger partial charge in [0, 0.05) is 15.3 Å². The summed E-state index contributed by atoms with van der Waals surface area (Å²) in [5.41, 5.74) is 1.73. The highest BCUT2D eigenvalue weighted by Crippen LogP contribution is 2.30. The van der Waals surface area contributed by atoms with Gasteiger partial charge >= 0.3 is 5.97 Å². The molecule has 1 fully saturated rings. The predicted molar refractivity (Wildman–Crippen MR) is 89.5 cm³/mol. The van der Waals surface area contributed by atoms with E-state index in [2.05, 4.69) is 27.7 Å². The summed E-state index contributed by atoms with van der Waals surface area (Å²) in [5, 5.41) is 14.0. The molecular formula is C16H17IN2O2. The summed E-state index contributed by atoms with van der Waals surface area (Å²) in [5.74, 6) is -0.911. The van der Waals surface area contributed by atoms with Gasteiger partial charge in [-0.2, -0.15) is 5.10 Å². The van der Waals surface area contributed by atoms with Crippen LogP contribution in [0.3, 0.4) is 0 Å². The van der Waals surface area contributed by atoms with E-state index in [-0.39, 0.29) is 0 Å². The standard InChI is InChI=1S/C16H17IN2O2/c17-12-8-6-11(7-9-12)15-14(16(20)21)10-19(18-15)13-4-2-1-3-5-13/h6-10,13H,1-5H2,(H,20,21). The van der Waals surface area contributed by atoms with Crippen molar-refractivity contribution in [3.8, 4) is 11.3 Å². The Morgan fingerprint density at radius 2 is 1.86 bits per heavy atom. The molecule has 110 valence electrons. The molecule has 1 aromatic carbocycles. The summed E-state index contributed by atoms with van der Waals surface area (Å²) in [6.07, 6.45) is 7.55. The fourth-order valence-electron chi connectivity index (χ4n) is 2.90.